The Morgan fingerprint density at radius 3 is 2.22 bits per heavy atom. The number of nitrogens with zero attached hydrogens (tertiary/aromatic N) is 1. The van der Waals surface area contributed by atoms with Crippen LogP contribution < -0.4 is 0 Å². The predicted molar refractivity (Wildman–Crippen MR) is 64.5 cm³/mol. The summed E-state index contributed by atoms with van der Waals surface area (Å²) in [6.45, 7) is 3.97. The van der Waals surface area contributed by atoms with Crippen LogP contribution in [-0.4, -0.2) is 0 Å². The van der Waals surface area contributed by atoms with E-state index in [2.05, 4.69) is 6.07 Å². The van der Waals surface area contributed by atoms with Crippen LogP contribution in [-0.2, 0) is 6.18 Å². The number of allylic oxidation sites excluding steroid dienone is 1. The summed E-state index contributed by atoms with van der Waals surface area (Å²) in [5.41, 5.74) is 0.506. The van der Waals surface area contributed by atoms with Crippen LogP contribution in [0.15, 0.2) is 29.8 Å². The van der Waals surface area contributed by atoms with Crippen molar-refractivity contribution in [2.45, 2.75) is 26.4 Å². The molecular formula is C14H14F3N. The highest BCUT2D eigenvalue weighted by molar-refractivity contribution is 5.57. The highest BCUT2D eigenvalue weighted by Crippen LogP contribution is 2.29. The predicted octanol–water partition coefficient (Wildman–Crippen LogP) is 4.66. The standard InChI is InChI=1S/C14H14F3N/c1-10(2)7-12(9-18)8-11-3-5-13(6-4-11)14(15,16)17/h3-6,8,10H,7H2,1-2H3. The lowest BCUT2D eigenvalue weighted by Gasteiger charge is -2.06. The fourth-order valence-electron chi connectivity index (χ4n) is 1.55. The molecular weight excluding hydrogens is 239 g/mol. The van der Waals surface area contributed by atoms with Crippen molar-refractivity contribution in [2.24, 2.45) is 5.92 Å². The minimum absolute atomic E-state index is 0.338. The fourth-order valence-corrected chi connectivity index (χ4v) is 1.55. The summed E-state index contributed by atoms with van der Waals surface area (Å²) in [7, 11) is 0. The summed E-state index contributed by atoms with van der Waals surface area (Å²) in [4.78, 5) is 0. The number of hydrogen-bond donors (Lipinski definition) is 0. The second-order valence-electron chi connectivity index (χ2n) is 4.50. The Labute approximate surface area is 105 Å². The van der Waals surface area contributed by atoms with Crippen molar-refractivity contribution in [3.05, 3.63) is 41.0 Å². The summed E-state index contributed by atoms with van der Waals surface area (Å²) in [5.74, 6) is 0.338. The minimum Gasteiger partial charge on any atom is -0.193 e. The second-order valence-corrected chi connectivity index (χ2v) is 4.50. The maximum Gasteiger partial charge on any atom is 0.416 e. The topological polar surface area (TPSA) is 23.8 Å². The molecule has 0 heterocycles. The van der Waals surface area contributed by atoms with Crippen LogP contribution in [0.1, 0.15) is 31.4 Å². The number of halogens is 3. The molecule has 18 heavy (non-hydrogen) atoms. The third kappa shape index (κ3) is 4.25. The molecule has 1 rings (SSSR count). The summed E-state index contributed by atoms with van der Waals surface area (Å²) >= 11 is 0. The van der Waals surface area contributed by atoms with Crippen LogP contribution in [0.25, 0.3) is 6.08 Å². The monoisotopic (exact) mass is 253 g/mol. The highest BCUT2D eigenvalue weighted by atomic mass is 19.4. The Morgan fingerprint density at radius 2 is 1.83 bits per heavy atom. The van der Waals surface area contributed by atoms with E-state index in [0.717, 1.165) is 12.1 Å². The Kier molecular flexibility index (Phi) is 4.55. The van der Waals surface area contributed by atoms with Crippen molar-refractivity contribution in [2.75, 3.05) is 0 Å². The quantitative estimate of drug-likeness (QED) is 0.719. The second kappa shape index (κ2) is 5.72. The van der Waals surface area contributed by atoms with Gasteiger partial charge in [-0.25, -0.2) is 0 Å². The SMILES string of the molecule is CC(C)CC(C#N)=Cc1ccc(C(F)(F)F)cc1. The molecule has 0 aliphatic heterocycles. The third-order valence-corrected chi connectivity index (χ3v) is 2.35. The lowest BCUT2D eigenvalue weighted by atomic mass is 10.0. The lowest BCUT2D eigenvalue weighted by molar-refractivity contribution is -0.137. The maximum absolute atomic E-state index is 12.4. The van der Waals surface area contributed by atoms with Crippen molar-refractivity contribution in [3.8, 4) is 6.07 Å². The van der Waals surface area contributed by atoms with Crippen molar-refractivity contribution < 1.29 is 13.2 Å². The molecule has 0 saturated carbocycles. The van der Waals surface area contributed by atoms with E-state index in [0.29, 0.717) is 23.5 Å². The van der Waals surface area contributed by atoms with Crippen molar-refractivity contribution in [1.82, 2.24) is 0 Å². The van der Waals surface area contributed by atoms with Crippen molar-refractivity contribution in [1.29, 1.82) is 5.26 Å². The Balaban J connectivity index is 2.92. The number of rotatable bonds is 3. The van der Waals surface area contributed by atoms with Crippen LogP contribution in [0.4, 0.5) is 13.2 Å². The highest BCUT2D eigenvalue weighted by Gasteiger charge is 2.29. The first-order valence-corrected chi connectivity index (χ1v) is 5.61. The van der Waals surface area contributed by atoms with Crippen molar-refractivity contribution >= 4 is 6.08 Å². The molecule has 1 nitrogen and oxygen atoms in total. The summed E-state index contributed by atoms with van der Waals surface area (Å²) in [6, 6.07) is 6.86. The number of alkyl halides is 3. The van der Waals surface area contributed by atoms with Gasteiger partial charge in [0.25, 0.3) is 0 Å². The molecule has 0 radical (unpaired) electrons. The van der Waals surface area contributed by atoms with Crippen LogP contribution >= 0.6 is 0 Å². The van der Waals surface area contributed by atoms with Crippen LogP contribution in [0.3, 0.4) is 0 Å². The van der Waals surface area contributed by atoms with E-state index in [1.54, 1.807) is 6.08 Å². The van der Waals surface area contributed by atoms with Gasteiger partial charge >= 0.3 is 6.18 Å². The van der Waals surface area contributed by atoms with Gasteiger partial charge in [0.2, 0.25) is 0 Å². The van der Waals surface area contributed by atoms with E-state index < -0.39 is 11.7 Å². The fraction of sp³-hybridized carbons (Fsp3) is 0.357. The van der Waals surface area contributed by atoms with Gasteiger partial charge in [0.05, 0.1) is 11.6 Å². The van der Waals surface area contributed by atoms with E-state index in [9.17, 15) is 13.2 Å². The van der Waals surface area contributed by atoms with E-state index in [-0.39, 0.29) is 0 Å². The Morgan fingerprint density at radius 1 is 1.28 bits per heavy atom. The van der Waals surface area contributed by atoms with E-state index >= 15 is 0 Å². The average Bonchev–Trinajstić information content (AvgIpc) is 2.27. The average molecular weight is 253 g/mol. The van der Waals surface area contributed by atoms with Gasteiger partial charge in [0.1, 0.15) is 0 Å². The summed E-state index contributed by atoms with van der Waals surface area (Å²) < 4.78 is 37.1. The largest absolute Gasteiger partial charge is 0.416 e. The van der Waals surface area contributed by atoms with E-state index in [1.807, 2.05) is 13.8 Å². The molecule has 1 aromatic carbocycles. The number of benzene rings is 1. The molecule has 0 bridgehead atoms. The van der Waals surface area contributed by atoms with Gasteiger partial charge in [-0.3, -0.25) is 0 Å². The first-order valence-electron chi connectivity index (χ1n) is 5.61. The minimum atomic E-state index is -4.32. The Hall–Kier alpha value is -1.76. The molecule has 0 unspecified atom stereocenters. The summed E-state index contributed by atoms with van der Waals surface area (Å²) in [5, 5.41) is 8.92. The van der Waals surface area contributed by atoms with Gasteiger partial charge in [0.15, 0.2) is 0 Å². The molecule has 0 spiro atoms. The first-order chi connectivity index (χ1) is 8.32. The molecule has 0 N–H and O–H groups in total. The smallest absolute Gasteiger partial charge is 0.193 e. The molecule has 96 valence electrons. The molecule has 1 aromatic rings. The van der Waals surface area contributed by atoms with Crippen LogP contribution in [0, 0.1) is 17.2 Å². The molecule has 0 saturated heterocycles. The van der Waals surface area contributed by atoms with E-state index in [1.165, 1.54) is 12.1 Å². The molecule has 0 aliphatic carbocycles. The van der Waals surface area contributed by atoms with Gasteiger partial charge in [-0.1, -0.05) is 26.0 Å². The van der Waals surface area contributed by atoms with Gasteiger partial charge in [-0.15, -0.1) is 0 Å². The van der Waals surface area contributed by atoms with Crippen LogP contribution in [0.2, 0.25) is 0 Å². The maximum atomic E-state index is 12.4. The normalized spacial score (nSPS) is 12.6. The van der Waals surface area contributed by atoms with Gasteiger partial charge in [0, 0.05) is 5.57 Å². The third-order valence-electron chi connectivity index (χ3n) is 2.35. The zero-order chi connectivity index (χ0) is 13.8. The first kappa shape index (κ1) is 14.3. The molecule has 0 amide bonds. The number of nitriles is 1. The lowest BCUT2D eigenvalue weighted by Crippen LogP contribution is -2.04. The zero-order valence-corrected chi connectivity index (χ0v) is 10.3. The molecule has 0 atom stereocenters. The molecule has 4 heteroatoms. The molecule has 0 aliphatic rings. The van der Waals surface area contributed by atoms with Gasteiger partial charge in [-0.2, -0.15) is 18.4 Å². The molecule has 0 aromatic heterocycles. The van der Waals surface area contributed by atoms with Gasteiger partial charge in [-0.05, 0) is 36.1 Å². The zero-order valence-electron chi connectivity index (χ0n) is 10.3. The van der Waals surface area contributed by atoms with Crippen LogP contribution in [0.5, 0.6) is 0 Å². The number of hydrogen-bond acceptors (Lipinski definition) is 1. The summed E-state index contributed by atoms with van der Waals surface area (Å²) in [6.07, 6.45) is -2.07. The van der Waals surface area contributed by atoms with Gasteiger partial charge < -0.3 is 0 Å². The van der Waals surface area contributed by atoms with E-state index in [4.69, 9.17) is 5.26 Å². The van der Waals surface area contributed by atoms with Crippen molar-refractivity contribution in [3.63, 3.8) is 0 Å². The Bertz CT molecular complexity index is 461. The molecule has 0 fully saturated rings.